The predicted molar refractivity (Wildman–Crippen MR) is 144 cm³/mol. The number of hydrogen-bond donors (Lipinski definition) is 2. The number of rotatable bonds is 5. The lowest BCUT2D eigenvalue weighted by atomic mass is 10.1. The van der Waals surface area contributed by atoms with Gasteiger partial charge in [0.15, 0.2) is 0 Å². The van der Waals surface area contributed by atoms with Gasteiger partial charge in [-0.3, -0.25) is 14.1 Å². The van der Waals surface area contributed by atoms with Gasteiger partial charge in [0.2, 0.25) is 5.95 Å². The molecule has 0 spiro atoms. The van der Waals surface area contributed by atoms with Gasteiger partial charge in [0.05, 0.1) is 40.2 Å². The highest BCUT2D eigenvalue weighted by Gasteiger charge is 2.23. The molecule has 1 fully saturated rings. The molecule has 0 aliphatic carbocycles. The molecule has 0 bridgehead atoms. The maximum absolute atomic E-state index is 13.5. The first kappa shape index (κ1) is 23.1. The van der Waals surface area contributed by atoms with E-state index in [1.807, 2.05) is 44.2 Å². The van der Waals surface area contributed by atoms with Crippen LogP contribution in [0.25, 0.3) is 38.8 Å². The average molecular weight is 497 g/mol. The molecule has 0 saturated carbocycles. The zero-order valence-corrected chi connectivity index (χ0v) is 21.0. The number of pyridine rings is 2. The van der Waals surface area contributed by atoms with Crippen LogP contribution >= 0.6 is 0 Å². The summed E-state index contributed by atoms with van der Waals surface area (Å²) in [7, 11) is 1.76. The van der Waals surface area contributed by atoms with E-state index in [4.69, 9.17) is 4.98 Å². The van der Waals surface area contributed by atoms with Crippen molar-refractivity contribution in [3.8, 4) is 16.8 Å². The van der Waals surface area contributed by atoms with Crippen LogP contribution in [-0.4, -0.2) is 59.9 Å². The lowest BCUT2D eigenvalue weighted by molar-refractivity contribution is 0.198. The summed E-state index contributed by atoms with van der Waals surface area (Å²) in [5.41, 5.74) is 5.40. The Labute approximate surface area is 213 Å². The molecule has 0 radical (unpaired) electrons. The van der Waals surface area contributed by atoms with E-state index in [-0.39, 0.29) is 11.8 Å². The van der Waals surface area contributed by atoms with E-state index in [2.05, 4.69) is 25.2 Å². The van der Waals surface area contributed by atoms with Crippen LogP contribution in [0.5, 0.6) is 0 Å². The molecule has 5 heterocycles. The fourth-order valence-electron chi connectivity index (χ4n) is 5.03. The summed E-state index contributed by atoms with van der Waals surface area (Å²) in [6.07, 6.45) is 5.72. The van der Waals surface area contributed by atoms with Crippen molar-refractivity contribution >= 4 is 33.7 Å². The molecular formula is C27H28N8O2. The van der Waals surface area contributed by atoms with Crippen LogP contribution in [0.15, 0.2) is 53.7 Å². The van der Waals surface area contributed by atoms with E-state index in [1.165, 1.54) is 0 Å². The highest BCUT2D eigenvalue weighted by atomic mass is 16.3. The molecule has 6 rings (SSSR count). The smallest absolute Gasteiger partial charge is 0.333 e. The van der Waals surface area contributed by atoms with Gasteiger partial charge in [-0.05, 0) is 50.1 Å². The maximum atomic E-state index is 13.5. The average Bonchev–Trinajstić information content (AvgIpc) is 3.45. The molecule has 1 aromatic carbocycles. The largest absolute Gasteiger partial charge is 0.391 e. The van der Waals surface area contributed by atoms with Gasteiger partial charge in [-0.25, -0.2) is 19.7 Å². The third kappa shape index (κ3) is 3.89. The number of nitrogens with one attached hydrogen (secondary N) is 1. The Morgan fingerprint density at radius 1 is 1.08 bits per heavy atom. The first-order chi connectivity index (χ1) is 17.9. The van der Waals surface area contributed by atoms with Crippen LogP contribution in [0.4, 0.5) is 11.8 Å². The topological polar surface area (TPSA) is 114 Å². The summed E-state index contributed by atoms with van der Waals surface area (Å²) in [6.45, 7) is 5.99. The number of hydrogen-bond acceptors (Lipinski definition) is 8. The summed E-state index contributed by atoms with van der Waals surface area (Å²) in [5, 5.41) is 13.9. The van der Waals surface area contributed by atoms with Gasteiger partial charge in [0, 0.05) is 50.0 Å². The van der Waals surface area contributed by atoms with Gasteiger partial charge in [-0.15, -0.1) is 0 Å². The molecule has 5 aromatic rings. The Hall–Kier alpha value is -4.31. The van der Waals surface area contributed by atoms with Crippen LogP contribution in [0.1, 0.15) is 19.0 Å². The van der Waals surface area contributed by atoms with Crippen molar-refractivity contribution in [3.63, 3.8) is 0 Å². The molecule has 1 aliphatic rings. The second-order valence-corrected chi connectivity index (χ2v) is 9.39. The lowest BCUT2D eigenvalue weighted by Gasteiger charge is -2.18. The molecule has 2 N–H and O–H groups in total. The van der Waals surface area contributed by atoms with Crippen molar-refractivity contribution in [1.29, 1.82) is 0 Å². The summed E-state index contributed by atoms with van der Waals surface area (Å²) < 4.78 is 3.34. The minimum Gasteiger partial charge on any atom is -0.391 e. The number of nitrogens with zero attached hydrogens (tertiary/aromatic N) is 7. The molecular weight excluding hydrogens is 468 g/mol. The first-order valence-electron chi connectivity index (χ1n) is 12.4. The number of aromatic nitrogens is 6. The van der Waals surface area contributed by atoms with Crippen LogP contribution in [0.2, 0.25) is 0 Å². The zero-order chi connectivity index (χ0) is 25.7. The van der Waals surface area contributed by atoms with Crippen LogP contribution < -0.4 is 15.9 Å². The van der Waals surface area contributed by atoms with Crippen molar-refractivity contribution in [2.75, 3.05) is 29.9 Å². The fourth-order valence-corrected chi connectivity index (χ4v) is 5.03. The number of β-amino-alcohol motifs (C(OH)–C–C–N with tert-alkyl or cyclic N) is 1. The summed E-state index contributed by atoms with van der Waals surface area (Å²) in [6, 6.07) is 9.84. The number of benzene rings is 1. The van der Waals surface area contributed by atoms with E-state index < -0.39 is 0 Å². The zero-order valence-electron chi connectivity index (χ0n) is 21.0. The van der Waals surface area contributed by atoms with Gasteiger partial charge in [-0.1, -0.05) is 6.07 Å². The Morgan fingerprint density at radius 3 is 2.59 bits per heavy atom. The summed E-state index contributed by atoms with van der Waals surface area (Å²) >= 11 is 0. The molecule has 1 aliphatic heterocycles. The number of anilines is 2. The standard InChI is InChI=1S/C27H28N8O2/c1-4-28-26-30-12-18(13-31-26)17-5-6-21-20(11-17)25-23(14-29-21)33(3)27(37)35(25)22-7-8-24(32-16(22)2)34-10-9-19(36)15-34/h5-8,11-14,19,36H,4,9-10,15H2,1-3H3,(H,28,30,31)/t19-/m0/s1. The molecule has 188 valence electrons. The van der Waals surface area contributed by atoms with Crippen molar-refractivity contribution in [2.24, 2.45) is 7.05 Å². The molecule has 37 heavy (non-hydrogen) atoms. The highest BCUT2D eigenvalue weighted by molar-refractivity contribution is 6.04. The van der Waals surface area contributed by atoms with Crippen molar-refractivity contribution in [1.82, 2.24) is 29.1 Å². The monoisotopic (exact) mass is 496 g/mol. The minimum atomic E-state index is -0.333. The number of aliphatic hydroxyl groups excluding tert-OH is 1. The van der Waals surface area contributed by atoms with Crippen molar-refractivity contribution < 1.29 is 5.11 Å². The normalized spacial score (nSPS) is 15.7. The van der Waals surface area contributed by atoms with Crippen LogP contribution in [0, 0.1) is 6.92 Å². The highest BCUT2D eigenvalue weighted by Crippen LogP contribution is 2.30. The first-order valence-corrected chi connectivity index (χ1v) is 12.4. The van der Waals surface area contributed by atoms with Gasteiger partial charge in [0.1, 0.15) is 5.82 Å². The fraction of sp³-hybridized carbons (Fsp3) is 0.296. The SMILES string of the molecule is CCNc1ncc(-c2ccc3ncc4c(c3c2)n(-c2ccc(N3CC[C@H](O)C3)nc2C)c(=O)n4C)cn1. The van der Waals surface area contributed by atoms with Crippen LogP contribution in [0.3, 0.4) is 0 Å². The van der Waals surface area contributed by atoms with E-state index in [0.717, 1.165) is 69.8 Å². The van der Waals surface area contributed by atoms with E-state index >= 15 is 0 Å². The van der Waals surface area contributed by atoms with Gasteiger partial charge in [-0.2, -0.15) is 0 Å². The molecule has 1 saturated heterocycles. The van der Waals surface area contributed by atoms with Gasteiger partial charge in [0.25, 0.3) is 0 Å². The molecule has 10 nitrogen and oxygen atoms in total. The number of imidazole rings is 1. The minimum absolute atomic E-state index is 0.165. The Balaban J connectivity index is 1.52. The summed E-state index contributed by atoms with van der Waals surface area (Å²) in [4.78, 5) is 33.8. The molecule has 10 heteroatoms. The van der Waals surface area contributed by atoms with Gasteiger partial charge >= 0.3 is 5.69 Å². The number of aryl methyl sites for hydroxylation is 2. The maximum Gasteiger partial charge on any atom is 0.333 e. The second-order valence-electron chi connectivity index (χ2n) is 9.39. The molecule has 1 atom stereocenters. The second kappa shape index (κ2) is 8.97. The van der Waals surface area contributed by atoms with Crippen LogP contribution in [-0.2, 0) is 7.05 Å². The Bertz CT molecular complexity index is 1690. The lowest BCUT2D eigenvalue weighted by Crippen LogP contribution is -2.24. The molecule has 0 amide bonds. The van der Waals surface area contributed by atoms with Crippen molar-refractivity contribution in [3.05, 3.63) is 65.1 Å². The third-order valence-electron chi connectivity index (χ3n) is 6.97. The van der Waals surface area contributed by atoms with E-state index in [0.29, 0.717) is 12.5 Å². The molecule has 0 unspecified atom stereocenters. The van der Waals surface area contributed by atoms with E-state index in [1.54, 1.807) is 34.8 Å². The number of aliphatic hydroxyl groups is 1. The van der Waals surface area contributed by atoms with Crippen molar-refractivity contribution in [2.45, 2.75) is 26.4 Å². The number of fused-ring (bicyclic) bond motifs is 3. The molecule has 4 aromatic heterocycles. The Kier molecular flexibility index (Phi) is 5.60. The Morgan fingerprint density at radius 2 is 1.89 bits per heavy atom. The summed E-state index contributed by atoms with van der Waals surface area (Å²) in [5.74, 6) is 1.39. The predicted octanol–water partition coefficient (Wildman–Crippen LogP) is 3.04. The van der Waals surface area contributed by atoms with E-state index in [9.17, 15) is 9.90 Å². The third-order valence-corrected chi connectivity index (χ3v) is 6.97. The quantitative estimate of drug-likeness (QED) is 0.382. The van der Waals surface area contributed by atoms with Gasteiger partial charge < -0.3 is 15.3 Å².